The summed E-state index contributed by atoms with van der Waals surface area (Å²) in [5.41, 5.74) is 0. The van der Waals surface area contributed by atoms with Crippen LogP contribution in [0.4, 0.5) is 5.82 Å². The van der Waals surface area contributed by atoms with E-state index in [-0.39, 0.29) is 24.8 Å². The molecular formula is C19H29Cl2N5OS. The van der Waals surface area contributed by atoms with Gasteiger partial charge in [-0.15, -0.1) is 36.2 Å². The van der Waals surface area contributed by atoms with Crippen LogP contribution in [0, 0.1) is 11.8 Å². The minimum atomic E-state index is 0. The van der Waals surface area contributed by atoms with Gasteiger partial charge in [0.1, 0.15) is 17.0 Å². The van der Waals surface area contributed by atoms with Crippen LogP contribution in [0.25, 0.3) is 10.2 Å². The average molecular weight is 446 g/mol. The Morgan fingerprint density at radius 3 is 2.79 bits per heavy atom. The van der Waals surface area contributed by atoms with Gasteiger partial charge in [-0.3, -0.25) is 4.79 Å². The molecule has 28 heavy (non-hydrogen) atoms. The molecule has 2 aliphatic heterocycles. The SMILES string of the molecule is CC(CC(=O)N1CCN(c2ncnc3sccc23)CC1)C1CCCNC1.Cl.Cl. The molecular weight excluding hydrogens is 417 g/mol. The minimum Gasteiger partial charge on any atom is -0.352 e. The van der Waals surface area contributed by atoms with Gasteiger partial charge >= 0.3 is 0 Å². The molecule has 9 heteroatoms. The Hall–Kier alpha value is -1.15. The first-order valence-corrected chi connectivity index (χ1v) is 10.5. The Kier molecular flexibility index (Phi) is 8.74. The van der Waals surface area contributed by atoms with Crippen LogP contribution in [0.15, 0.2) is 17.8 Å². The van der Waals surface area contributed by atoms with Gasteiger partial charge in [-0.05, 0) is 49.2 Å². The highest BCUT2D eigenvalue weighted by molar-refractivity contribution is 7.16. The fraction of sp³-hybridized carbons (Fsp3) is 0.632. The van der Waals surface area contributed by atoms with E-state index in [9.17, 15) is 4.79 Å². The Morgan fingerprint density at radius 2 is 2.07 bits per heavy atom. The zero-order chi connectivity index (χ0) is 17.9. The molecule has 1 amide bonds. The third kappa shape index (κ3) is 5.06. The Morgan fingerprint density at radius 1 is 1.29 bits per heavy atom. The van der Waals surface area contributed by atoms with Crippen molar-refractivity contribution < 1.29 is 4.79 Å². The van der Waals surface area contributed by atoms with E-state index in [0.717, 1.165) is 55.3 Å². The number of halogens is 2. The van der Waals surface area contributed by atoms with Crippen molar-refractivity contribution in [1.29, 1.82) is 0 Å². The first-order valence-electron chi connectivity index (χ1n) is 9.64. The second kappa shape index (κ2) is 10.6. The van der Waals surface area contributed by atoms with Gasteiger partial charge in [-0.2, -0.15) is 0 Å². The molecule has 2 fully saturated rings. The number of carbonyl (C=O) groups excluding carboxylic acids is 1. The molecule has 4 rings (SSSR count). The van der Waals surface area contributed by atoms with E-state index in [1.165, 1.54) is 12.8 Å². The number of aromatic nitrogens is 2. The van der Waals surface area contributed by atoms with Crippen LogP contribution < -0.4 is 10.2 Å². The number of nitrogens with one attached hydrogen (secondary N) is 1. The van der Waals surface area contributed by atoms with Gasteiger partial charge in [0.15, 0.2) is 0 Å². The highest BCUT2D eigenvalue weighted by Gasteiger charge is 2.27. The molecule has 2 atom stereocenters. The molecule has 2 aromatic heterocycles. The Balaban J connectivity index is 0.00000140. The molecule has 0 bridgehead atoms. The molecule has 0 saturated carbocycles. The molecule has 2 unspecified atom stereocenters. The largest absolute Gasteiger partial charge is 0.352 e. The molecule has 4 heterocycles. The minimum absolute atomic E-state index is 0. The van der Waals surface area contributed by atoms with Crippen LogP contribution >= 0.6 is 36.2 Å². The van der Waals surface area contributed by atoms with E-state index >= 15 is 0 Å². The van der Waals surface area contributed by atoms with Crippen LogP contribution in [-0.4, -0.2) is 60.0 Å². The van der Waals surface area contributed by atoms with Gasteiger partial charge < -0.3 is 15.1 Å². The number of nitrogens with zero attached hydrogens (tertiary/aromatic N) is 4. The first kappa shape index (κ1) is 23.1. The molecule has 0 radical (unpaired) electrons. The van der Waals surface area contributed by atoms with Crippen LogP contribution in [0.3, 0.4) is 0 Å². The Bertz CT molecular complexity index is 760. The monoisotopic (exact) mass is 445 g/mol. The average Bonchev–Trinajstić information content (AvgIpc) is 3.17. The number of piperidine rings is 1. The van der Waals surface area contributed by atoms with Crippen molar-refractivity contribution in [3.05, 3.63) is 17.8 Å². The normalized spacial score (nSPS) is 21.0. The maximum absolute atomic E-state index is 12.7. The number of hydrogen-bond donors (Lipinski definition) is 1. The second-order valence-electron chi connectivity index (χ2n) is 7.49. The van der Waals surface area contributed by atoms with Crippen LogP contribution in [0.5, 0.6) is 0 Å². The molecule has 1 N–H and O–H groups in total. The maximum atomic E-state index is 12.7. The summed E-state index contributed by atoms with van der Waals surface area (Å²) in [4.78, 5) is 26.9. The summed E-state index contributed by atoms with van der Waals surface area (Å²) in [7, 11) is 0. The number of carbonyl (C=O) groups is 1. The van der Waals surface area contributed by atoms with Crippen molar-refractivity contribution in [3.8, 4) is 0 Å². The van der Waals surface area contributed by atoms with Gasteiger partial charge in [0.25, 0.3) is 0 Å². The molecule has 6 nitrogen and oxygen atoms in total. The number of thiophene rings is 1. The summed E-state index contributed by atoms with van der Waals surface area (Å²) in [6, 6.07) is 2.09. The lowest BCUT2D eigenvalue weighted by Gasteiger charge is -2.36. The van der Waals surface area contributed by atoms with Crippen molar-refractivity contribution in [2.45, 2.75) is 26.2 Å². The van der Waals surface area contributed by atoms with Crippen molar-refractivity contribution in [1.82, 2.24) is 20.2 Å². The summed E-state index contributed by atoms with van der Waals surface area (Å²) >= 11 is 1.64. The fourth-order valence-electron chi connectivity index (χ4n) is 4.13. The maximum Gasteiger partial charge on any atom is 0.222 e. The third-order valence-electron chi connectivity index (χ3n) is 5.81. The smallest absolute Gasteiger partial charge is 0.222 e. The second-order valence-corrected chi connectivity index (χ2v) is 8.39. The summed E-state index contributed by atoms with van der Waals surface area (Å²) in [6.45, 7) is 7.67. The first-order chi connectivity index (χ1) is 12.7. The van der Waals surface area contributed by atoms with Crippen LogP contribution in [-0.2, 0) is 4.79 Å². The highest BCUT2D eigenvalue weighted by atomic mass is 35.5. The van der Waals surface area contributed by atoms with Gasteiger partial charge in [-0.25, -0.2) is 9.97 Å². The summed E-state index contributed by atoms with van der Waals surface area (Å²) in [5, 5.41) is 6.64. The number of anilines is 1. The van der Waals surface area contributed by atoms with Crippen molar-refractivity contribution >= 4 is 58.1 Å². The van der Waals surface area contributed by atoms with Crippen molar-refractivity contribution in [3.63, 3.8) is 0 Å². The van der Waals surface area contributed by atoms with E-state index in [0.29, 0.717) is 24.2 Å². The molecule has 0 spiro atoms. The quantitative estimate of drug-likeness (QED) is 0.782. The van der Waals surface area contributed by atoms with Gasteiger partial charge in [0.2, 0.25) is 5.91 Å². The van der Waals surface area contributed by atoms with E-state index in [4.69, 9.17) is 0 Å². The molecule has 2 saturated heterocycles. The van der Waals surface area contributed by atoms with Crippen molar-refractivity contribution in [2.75, 3.05) is 44.2 Å². The van der Waals surface area contributed by atoms with Crippen LogP contribution in [0.1, 0.15) is 26.2 Å². The Labute approximate surface area is 182 Å². The molecule has 2 aromatic rings. The lowest BCUT2D eigenvalue weighted by molar-refractivity contribution is -0.132. The topological polar surface area (TPSA) is 61.4 Å². The molecule has 2 aliphatic rings. The van der Waals surface area contributed by atoms with Crippen molar-refractivity contribution in [2.24, 2.45) is 11.8 Å². The number of rotatable bonds is 4. The number of fused-ring (bicyclic) bond motifs is 1. The van der Waals surface area contributed by atoms with Gasteiger partial charge in [-0.1, -0.05) is 6.92 Å². The standard InChI is InChI=1S/C19H27N5OS.2ClH/c1-14(15-3-2-5-20-12-15)11-17(25)23-6-8-24(9-7-23)18-16-4-10-26-19(16)22-13-21-18;;/h4,10,13-15,20H,2-3,5-9,11-12H2,1H3;2*1H. The van der Waals surface area contributed by atoms with E-state index in [1.807, 2.05) is 4.90 Å². The van der Waals surface area contributed by atoms with E-state index in [1.54, 1.807) is 17.7 Å². The lowest BCUT2D eigenvalue weighted by atomic mass is 9.85. The van der Waals surface area contributed by atoms with Gasteiger partial charge in [0.05, 0.1) is 5.39 Å². The predicted molar refractivity (Wildman–Crippen MR) is 120 cm³/mol. The van der Waals surface area contributed by atoms with Crippen LogP contribution in [0.2, 0.25) is 0 Å². The fourth-order valence-corrected chi connectivity index (χ4v) is 4.86. The number of hydrogen-bond acceptors (Lipinski definition) is 6. The lowest BCUT2D eigenvalue weighted by Crippen LogP contribution is -2.49. The molecule has 156 valence electrons. The molecule has 0 aliphatic carbocycles. The molecule has 0 aromatic carbocycles. The summed E-state index contributed by atoms with van der Waals surface area (Å²) < 4.78 is 0. The number of amides is 1. The highest BCUT2D eigenvalue weighted by Crippen LogP contribution is 2.28. The number of piperazine rings is 1. The van der Waals surface area contributed by atoms with E-state index < -0.39 is 0 Å². The summed E-state index contributed by atoms with van der Waals surface area (Å²) in [5.74, 6) is 2.42. The zero-order valence-corrected chi connectivity index (χ0v) is 18.6. The third-order valence-corrected chi connectivity index (χ3v) is 6.63. The zero-order valence-electron chi connectivity index (χ0n) is 16.2. The van der Waals surface area contributed by atoms with Gasteiger partial charge in [0, 0.05) is 32.6 Å². The predicted octanol–water partition coefficient (Wildman–Crippen LogP) is 3.21. The van der Waals surface area contributed by atoms with E-state index in [2.05, 4.69) is 38.6 Å². The summed E-state index contributed by atoms with van der Waals surface area (Å²) in [6.07, 6.45) is 4.80.